The van der Waals surface area contributed by atoms with Crippen LogP contribution in [0.3, 0.4) is 0 Å². The summed E-state index contributed by atoms with van der Waals surface area (Å²) in [6.45, 7) is 0. The van der Waals surface area contributed by atoms with Crippen LogP contribution in [0.25, 0.3) is 0 Å². The fourth-order valence-corrected chi connectivity index (χ4v) is 12.2. The minimum atomic E-state index is -1.16. The van der Waals surface area contributed by atoms with Crippen LogP contribution in [-0.4, -0.2) is 18.3 Å². The Morgan fingerprint density at radius 2 is 0.829 bits per heavy atom. The van der Waals surface area contributed by atoms with Gasteiger partial charge in [0.1, 0.15) is 0 Å². The largest absolute Gasteiger partial charge is 0.202 e. The lowest BCUT2D eigenvalue weighted by atomic mass is 9.20. The Morgan fingerprint density at radius 3 is 1.17 bits per heavy atom. The lowest BCUT2D eigenvalue weighted by Gasteiger charge is -2.46. The van der Waals surface area contributed by atoms with Gasteiger partial charge in [-0.25, -0.2) is 5.46 Å². The second-order valence-electron chi connectivity index (χ2n) is 10.6. The zero-order valence-corrected chi connectivity index (χ0v) is 25.0. The minimum Gasteiger partial charge on any atom is -0.202 e. The average Bonchev–Trinajstić information content (AvgIpc) is 3.07. The first-order chi connectivity index (χ1) is 20.3. The van der Waals surface area contributed by atoms with Crippen molar-refractivity contribution in [1.29, 1.82) is 0 Å². The van der Waals surface area contributed by atoms with E-state index in [1.807, 2.05) is 0 Å². The minimum absolute atomic E-state index is 0.616. The van der Waals surface area contributed by atoms with Gasteiger partial charge < -0.3 is 0 Å². The van der Waals surface area contributed by atoms with Crippen molar-refractivity contribution in [3.63, 3.8) is 0 Å². The summed E-state index contributed by atoms with van der Waals surface area (Å²) >= 11 is 0. The highest BCUT2D eigenvalue weighted by atomic mass is 31.1. The van der Waals surface area contributed by atoms with E-state index in [0.29, 0.717) is 0 Å². The molecular weight excluding hydrogens is 529 g/mol. The molecule has 0 saturated carbocycles. The van der Waals surface area contributed by atoms with E-state index in [2.05, 4.69) is 183 Å². The molecule has 0 saturated heterocycles. The predicted octanol–water partition coefficient (Wildman–Crippen LogP) is 7.13. The molecule has 0 heterocycles. The molecule has 1 aliphatic rings. The van der Waals surface area contributed by atoms with Crippen molar-refractivity contribution >= 4 is 48.7 Å². The van der Waals surface area contributed by atoms with Crippen molar-refractivity contribution in [2.24, 2.45) is 0 Å². The molecule has 0 amide bonds. The van der Waals surface area contributed by atoms with Gasteiger partial charge in [0.2, 0.25) is 0 Å². The van der Waals surface area contributed by atoms with Gasteiger partial charge in [0.25, 0.3) is 0 Å². The molecule has 0 nitrogen and oxygen atoms in total. The molecule has 0 fully saturated rings. The molecule has 3 heteroatoms. The van der Waals surface area contributed by atoms with E-state index in [1.165, 1.54) is 32.2 Å². The van der Waals surface area contributed by atoms with E-state index in [4.69, 9.17) is 0 Å². The Kier molecular flexibility index (Phi) is 8.97. The highest BCUT2D eigenvalue weighted by Gasteiger charge is 2.38. The third-order valence-electron chi connectivity index (χ3n) is 8.14. The molecule has 5 aromatic rings. The van der Waals surface area contributed by atoms with Crippen LogP contribution >= 0.6 is 15.8 Å². The molecule has 0 atom stereocenters. The highest BCUT2D eigenvalue weighted by molar-refractivity contribution is 7.78. The molecule has 0 N–H and O–H groups in total. The summed E-state index contributed by atoms with van der Waals surface area (Å²) in [7, 11) is -1.23. The van der Waals surface area contributed by atoms with Crippen molar-refractivity contribution in [1.82, 2.24) is 0 Å². The molecule has 0 unspecified atom stereocenters. The van der Waals surface area contributed by atoms with Gasteiger partial charge in [0, 0.05) is 6.08 Å². The summed E-state index contributed by atoms with van der Waals surface area (Å²) in [5.74, 6) is 0. The molecule has 1 radical (unpaired) electrons. The molecule has 1 aliphatic carbocycles. The van der Waals surface area contributed by atoms with Gasteiger partial charge in [0.05, 0.1) is 25.1 Å². The van der Waals surface area contributed by atoms with Crippen LogP contribution in [0, 0.1) is 12.8 Å². The third kappa shape index (κ3) is 6.33. The molecule has 6 rings (SSSR count). The average molecular weight is 563 g/mol. The second-order valence-corrected chi connectivity index (χ2v) is 15.1. The van der Waals surface area contributed by atoms with E-state index in [0.717, 1.165) is 12.1 Å². The normalized spacial score (nSPS) is 13.2. The molecular formula is C38H34BP2. The SMILES string of the molecule is [CH]1C=C([B-](CP(c2ccccc2)c2ccccc2)(CP(c2ccccc2)c2ccccc2)c2ccccc2)C=C[CH+]1. The number of allylic oxidation sites excluding steroid dienone is 4. The van der Waals surface area contributed by atoms with Crippen molar-refractivity contribution in [3.05, 3.63) is 188 Å². The summed E-state index contributed by atoms with van der Waals surface area (Å²) in [6.07, 6.45) is 10.2. The van der Waals surface area contributed by atoms with Gasteiger partial charge in [-0.3, -0.25) is 0 Å². The van der Waals surface area contributed by atoms with Crippen LogP contribution < -0.4 is 26.7 Å². The van der Waals surface area contributed by atoms with Crippen molar-refractivity contribution in [2.45, 2.75) is 0 Å². The third-order valence-corrected chi connectivity index (χ3v) is 13.8. The van der Waals surface area contributed by atoms with E-state index in [9.17, 15) is 0 Å². The number of rotatable bonds is 10. The smallest absolute Gasteiger partial charge is 0.0913 e. The highest BCUT2D eigenvalue weighted by Crippen LogP contribution is 2.45. The predicted molar refractivity (Wildman–Crippen MR) is 186 cm³/mol. The van der Waals surface area contributed by atoms with Crippen LogP contribution in [0.1, 0.15) is 0 Å². The first-order valence-electron chi connectivity index (χ1n) is 14.4. The van der Waals surface area contributed by atoms with Crippen molar-refractivity contribution in [2.75, 3.05) is 12.1 Å². The van der Waals surface area contributed by atoms with Crippen LogP contribution in [-0.2, 0) is 0 Å². The first kappa shape index (κ1) is 27.5. The Balaban J connectivity index is 1.58. The number of benzene rings is 5. The molecule has 0 bridgehead atoms. The molecule has 0 aliphatic heterocycles. The van der Waals surface area contributed by atoms with Gasteiger partial charge in [-0.15, -0.1) is 17.6 Å². The molecule has 199 valence electrons. The monoisotopic (exact) mass is 563 g/mol. The lowest BCUT2D eigenvalue weighted by Crippen LogP contribution is -2.58. The van der Waals surface area contributed by atoms with Crippen LogP contribution in [0.15, 0.2) is 175 Å². The maximum atomic E-state index is 2.39. The standard InChI is InChI=1S/C38H34BP2/c1-7-19-33(20-8-1)39(34-21-9-2-10-22-34,31-40(35-23-11-3-12-24-35)36-25-13-4-14-26-36)32-41(37-27-15-5-16-28-37)38-29-17-6-18-30-38/h1-30H,31-32H2. The van der Waals surface area contributed by atoms with Crippen LogP contribution in [0.4, 0.5) is 0 Å². The van der Waals surface area contributed by atoms with Gasteiger partial charge >= 0.3 is 0 Å². The molecule has 0 aromatic heterocycles. The molecule has 0 spiro atoms. The lowest BCUT2D eigenvalue weighted by molar-refractivity contribution is 1.48. The van der Waals surface area contributed by atoms with E-state index in [-0.39, 0.29) is 0 Å². The van der Waals surface area contributed by atoms with Crippen LogP contribution in [0.5, 0.6) is 0 Å². The summed E-state index contributed by atoms with van der Waals surface area (Å²) in [6, 6.07) is 58.5. The Labute approximate surface area is 248 Å². The van der Waals surface area contributed by atoms with Crippen LogP contribution in [0.2, 0.25) is 0 Å². The maximum Gasteiger partial charge on any atom is 0.0913 e. The summed E-state index contributed by atoms with van der Waals surface area (Å²) in [4.78, 5) is 0. The molecule has 41 heavy (non-hydrogen) atoms. The fraction of sp³-hybridized carbons (Fsp3) is 0.0526. The van der Waals surface area contributed by atoms with Gasteiger partial charge in [-0.1, -0.05) is 174 Å². The van der Waals surface area contributed by atoms with E-state index in [1.54, 1.807) is 0 Å². The van der Waals surface area contributed by atoms with Gasteiger partial charge in [-0.2, -0.15) is 0 Å². The van der Waals surface area contributed by atoms with Gasteiger partial charge in [0.15, 0.2) is 0 Å². The maximum absolute atomic E-state index is 2.39. The fourth-order valence-electron chi connectivity index (χ4n) is 6.09. The topological polar surface area (TPSA) is 0 Å². The Morgan fingerprint density at radius 1 is 0.463 bits per heavy atom. The van der Waals surface area contributed by atoms with E-state index >= 15 is 0 Å². The zero-order chi connectivity index (χ0) is 27.7. The number of hydrogen-bond acceptors (Lipinski definition) is 0. The van der Waals surface area contributed by atoms with Crippen molar-refractivity contribution in [3.8, 4) is 0 Å². The summed E-state index contributed by atoms with van der Waals surface area (Å²) < 4.78 is 0. The zero-order valence-electron chi connectivity index (χ0n) is 23.2. The molecule has 5 aromatic carbocycles. The Hall–Kier alpha value is -3.63. The first-order valence-corrected chi connectivity index (χ1v) is 17.4. The van der Waals surface area contributed by atoms with Crippen molar-refractivity contribution < 1.29 is 0 Å². The Bertz CT molecular complexity index is 1400. The summed E-state index contributed by atoms with van der Waals surface area (Å²) in [5, 5.41) is 5.76. The number of hydrogen-bond donors (Lipinski definition) is 0. The van der Waals surface area contributed by atoms with E-state index < -0.39 is 22.0 Å². The summed E-state index contributed by atoms with van der Waals surface area (Å²) in [5.41, 5.74) is 2.91. The second kappa shape index (κ2) is 13.4. The van der Waals surface area contributed by atoms with Gasteiger partial charge in [-0.05, 0) is 21.2 Å². The quantitative estimate of drug-likeness (QED) is 0.0964.